The van der Waals surface area contributed by atoms with Crippen molar-refractivity contribution in [2.24, 2.45) is 0 Å². The van der Waals surface area contributed by atoms with E-state index in [1.165, 1.54) is 11.3 Å². The lowest BCUT2D eigenvalue weighted by atomic mass is 10.1. The van der Waals surface area contributed by atoms with Gasteiger partial charge in [0.25, 0.3) is 5.91 Å². The quantitative estimate of drug-likeness (QED) is 0.881. The van der Waals surface area contributed by atoms with Crippen molar-refractivity contribution in [3.8, 4) is 0 Å². The number of hydrogen-bond acceptors (Lipinski definition) is 5. The molecule has 2 rings (SSSR count). The number of amides is 1. The summed E-state index contributed by atoms with van der Waals surface area (Å²) in [6.45, 7) is 4.96. The predicted octanol–water partition coefficient (Wildman–Crippen LogP) is 2.92. The van der Waals surface area contributed by atoms with Gasteiger partial charge >= 0.3 is 0 Å². The molecule has 19 heavy (non-hydrogen) atoms. The molecular formula is C13H16N4OS. The molecule has 0 spiro atoms. The Balaban J connectivity index is 2.09. The maximum absolute atomic E-state index is 12.1. The third kappa shape index (κ3) is 3.51. The summed E-state index contributed by atoms with van der Waals surface area (Å²) in [4.78, 5) is 12.1. The maximum atomic E-state index is 12.1. The van der Waals surface area contributed by atoms with Gasteiger partial charge in [0.2, 0.25) is 5.13 Å². The summed E-state index contributed by atoms with van der Waals surface area (Å²) in [6, 6.07) is 5.71. The van der Waals surface area contributed by atoms with Crippen molar-refractivity contribution >= 4 is 28.1 Å². The van der Waals surface area contributed by atoms with Crippen LogP contribution in [0.5, 0.6) is 0 Å². The van der Waals surface area contributed by atoms with Crippen molar-refractivity contribution in [3.63, 3.8) is 0 Å². The van der Waals surface area contributed by atoms with Gasteiger partial charge in [-0.3, -0.25) is 10.1 Å². The van der Waals surface area contributed by atoms with Crippen LogP contribution in [0.25, 0.3) is 0 Å². The number of nitrogens with zero attached hydrogens (tertiary/aromatic N) is 2. The highest BCUT2D eigenvalue weighted by atomic mass is 32.1. The zero-order valence-corrected chi connectivity index (χ0v) is 11.8. The number of nitrogens with one attached hydrogen (secondary N) is 2. The summed E-state index contributed by atoms with van der Waals surface area (Å²) >= 11 is 1.30. The summed E-state index contributed by atoms with van der Waals surface area (Å²) in [7, 11) is 0. The number of carbonyl (C=O) groups excluding carboxylic acids is 1. The molecule has 0 aliphatic heterocycles. The van der Waals surface area contributed by atoms with Crippen molar-refractivity contribution < 1.29 is 4.79 Å². The SMILES string of the molecule is CCCNc1ccc(C(=O)Nc2nncs2)c(C)c1. The summed E-state index contributed by atoms with van der Waals surface area (Å²) in [5.74, 6) is -0.156. The van der Waals surface area contributed by atoms with Crippen LogP contribution in [0, 0.1) is 6.92 Å². The highest BCUT2D eigenvalue weighted by Gasteiger charge is 2.11. The van der Waals surface area contributed by atoms with Crippen LogP contribution < -0.4 is 10.6 Å². The number of rotatable bonds is 5. The molecule has 1 aromatic heterocycles. The van der Waals surface area contributed by atoms with Crippen molar-refractivity contribution in [3.05, 3.63) is 34.8 Å². The second kappa shape index (κ2) is 6.29. The molecule has 0 atom stereocenters. The average Bonchev–Trinajstić information content (AvgIpc) is 2.89. The van der Waals surface area contributed by atoms with Crippen molar-refractivity contribution in [2.75, 3.05) is 17.2 Å². The monoisotopic (exact) mass is 276 g/mol. The Labute approximate surface area is 116 Å². The number of hydrogen-bond donors (Lipinski definition) is 2. The first kappa shape index (κ1) is 13.5. The number of carbonyl (C=O) groups is 1. The van der Waals surface area contributed by atoms with E-state index in [-0.39, 0.29) is 5.91 Å². The Kier molecular flexibility index (Phi) is 4.46. The van der Waals surface area contributed by atoms with E-state index in [0.717, 1.165) is 24.2 Å². The second-order valence-electron chi connectivity index (χ2n) is 4.15. The Morgan fingerprint density at radius 3 is 2.89 bits per heavy atom. The summed E-state index contributed by atoms with van der Waals surface area (Å²) in [5.41, 5.74) is 4.20. The molecule has 0 unspecified atom stereocenters. The van der Waals surface area contributed by atoms with E-state index in [2.05, 4.69) is 27.8 Å². The molecule has 100 valence electrons. The van der Waals surface area contributed by atoms with Gasteiger partial charge < -0.3 is 5.32 Å². The van der Waals surface area contributed by atoms with Gasteiger partial charge in [0.1, 0.15) is 5.51 Å². The average molecular weight is 276 g/mol. The lowest BCUT2D eigenvalue weighted by Gasteiger charge is -2.09. The molecule has 1 heterocycles. The van der Waals surface area contributed by atoms with E-state index in [0.29, 0.717) is 10.7 Å². The van der Waals surface area contributed by atoms with E-state index in [1.54, 1.807) is 5.51 Å². The van der Waals surface area contributed by atoms with Crippen molar-refractivity contribution in [1.29, 1.82) is 0 Å². The molecule has 1 aromatic carbocycles. The van der Waals surface area contributed by atoms with Crippen LogP contribution in [0.4, 0.5) is 10.8 Å². The van der Waals surface area contributed by atoms with Gasteiger partial charge in [-0.15, -0.1) is 10.2 Å². The Bertz CT molecular complexity index is 554. The summed E-state index contributed by atoms with van der Waals surface area (Å²) in [6.07, 6.45) is 1.07. The minimum absolute atomic E-state index is 0.156. The van der Waals surface area contributed by atoms with Gasteiger partial charge in [-0.25, -0.2) is 0 Å². The second-order valence-corrected chi connectivity index (χ2v) is 4.99. The van der Waals surface area contributed by atoms with Crippen LogP contribution in [0.2, 0.25) is 0 Å². The van der Waals surface area contributed by atoms with Crippen LogP contribution >= 0.6 is 11.3 Å². The topological polar surface area (TPSA) is 66.9 Å². The molecule has 6 heteroatoms. The lowest BCUT2D eigenvalue weighted by molar-refractivity contribution is 0.102. The molecule has 0 bridgehead atoms. The Hall–Kier alpha value is -1.95. The van der Waals surface area contributed by atoms with Crippen LogP contribution in [-0.4, -0.2) is 22.6 Å². The third-order valence-corrected chi connectivity index (χ3v) is 3.24. The smallest absolute Gasteiger partial charge is 0.257 e. The third-order valence-electron chi connectivity index (χ3n) is 2.63. The molecule has 2 aromatic rings. The van der Waals surface area contributed by atoms with Crippen LogP contribution in [0.15, 0.2) is 23.7 Å². The minimum atomic E-state index is -0.156. The fourth-order valence-corrected chi connectivity index (χ4v) is 2.13. The maximum Gasteiger partial charge on any atom is 0.257 e. The van der Waals surface area contributed by atoms with Gasteiger partial charge in [0, 0.05) is 17.8 Å². The standard InChI is InChI=1S/C13H16N4OS/c1-3-6-14-10-4-5-11(9(2)7-10)12(18)16-13-17-15-8-19-13/h4-5,7-8,14H,3,6H2,1-2H3,(H,16,17,18). The molecule has 0 saturated heterocycles. The fourth-order valence-electron chi connectivity index (χ4n) is 1.69. The molecule has 0 radical (unpaired) electrons. The first-order valence-electron chi connectivity index (χ1n) is 6.12. The van der Waals surface area contributed by atoms with E-state index in [9.17, 15) is 4.79 Å². The Morgan fingerprint density at radius 1 is 1.42 bits per heavy atom. The molecule has 0 aliphatic rings. The fraction of sp³-hybridized carbons (Fsp3) is 0.308. The normalized spacial score (nSPS) is 10.2. The Morgan fingerprint density at radius 2 is 2.26 bits per heavy atom. The van der Waals surface area contributed by atoms with Gasteiger partial charge in [0.15, 0.2) is 0 Å². The molecule has 0 saturated carbocycles. The van der Waals surface area contributed by atoms with Crippen LogP contribution in [-0.2, 0) is 0 Å². The van der Waals surface area contributed by atoms with E-state index < -0.39 is 0 Å². The number of anilines is 2. The zero-order valence-electron chi connectivity index (χ0n) is 10.9. The molecule has 5 nitrogen and oxygen atoms in total. The highest BCUT2D eigenvalue weighted by Crippen LogP contribution is 2.17. The van der Waals surface area contributed by atoms with Gasteiger partial charge in [-0.1, -0.05) is 18.3 Å². The van der Waals surface area contributed by atoms with Crippen molar-refractivity contribution in [1.82, 2.24) is 10.2 Å². The lowest BCUT2D eigenvalue weighted by Crippen LogP contribution is -2.13. The van der Waals surface area contributed by atoms with Gasteiger partial charge in [-0.2, -0.15) is 0 Å². The van der Waals surface area contributed by atoms with Crippen LogP contribution in [0.1, 0.15) is 29.3 Å². The number of aromatic nitrogens is 2. The van der Waals surface area contributed by atoms with E-state index in [4.69, 9.17) is 0 Å². The van der Waals surface area contributed by atoms with Crippen LogP contribution in [0.3, 0.4) is 0 Å². The number of benzene rings is 1. The number of aryl methyl sites for hydroxylation is 1. The van der Waals surface area contributed by atoms with Gasteiger partial charge in [-0.05, 0) is 37.1 Å². The van der Waals surface area contributed by atoms with Crippen molar-refractivity contribution in [2.45, 2.75) is 20.3 Å². The molecule has 0 fully saturated rings. The molecule has 2 N–H and O–H groups in total. The first-order valence-corrected chi connectivity index (χ1v) is 7.00. The highest BCUT2D eigenvalue weighted by molar-refractivity contribution is 7.13. The first-order chi connectivity index (χ1) is 9.20. The molecule has 1 amide bonds. The van der Waals surface area contributed by atoms with E-state index in [1.807, 2.05) is 25.1 Å². The summed E-state index contributed by atoms with van der Waals surface area (Å²) in [5, 5.41) is 14.0. The minimum Gasteiger partial charge on any atom is -0.385 e. The summed E-state index contributed by atoms with van der Waals surface area (Å²) < 4.78 is 0. The van der Waals surface area contributed by atoms with Gasteiger partial charge in [0.05, 0.1) is 0 Å². The molecule has 0 aliphatic carbocycles. The predicted molar refractivity (Wildman–Crippen MR) is 77.8 cm³/mol. The largest absolute Gasteiger partial charge is 0.385 e. The zero-order chi connectivity index (χ0) is 13.7. The molecular weight excluding hydrogens is 260 g/mol. The van der Waals surface area contributed by atoms with E-state index >= 15 is 0 Å².